The van der Waals surface area contributed by atoms with Crippen LogP contribution in [0.4, 0.5) is 10.5 Å². The topological polar surface area (TPSA) is 96.2 Å². The lowest BCUT2D eigenvalue weighted by Crippen LogP contribution is -2.28. The predicted molar refractivity (Wildman–Crippen MR) is 100 cm³/mol. The lowest BCUT2D eigenvalue weighted by molar-refractivity contribution is 0.0697. The summed E-state index contributed by atoms with van der Waals surface area (Å²) in [5.41, 5.74) is 2.77. The van der Waals surface area contributed by atoms with Crippen molar-refractivity contribution in [2.75, 3.05) is 5.32 Å². The second kappa shape index (κ2) is 9.03. The number of aromatic carboxylic acids is 1. The number of nitrogens with one attached hydrogen (secondary N) is 2. The van der Waals surface area contributed by atoms with Crippen LogP contribution in [0.25, 0.3) is 0 Å². The number of carboxylic acid groups (broad SMARTS) is 1. The maximum Gasteiger partial charge on any atom is 0.335 e. The molecular formula is C19H26N4O3. The summed E-state index contributed by atoms with van der Waals surface area (Å²) in [5.74, 6) is -0.375. The average molecular weight is 358 g/mol. The Labute approximate surface area is 153 Å². The molecular weight excluding hydrogens is 332 g/mol. The Bertz CT molecular complexity index is 751. The van der Waals surface area contributed by atoms with Crippen LogP contribution >= 0.6 is 0 Å². The molecule has 7 heteroatoms. The van der Waals surface area contributed by atoms with Gasteiger partial charge in [0.25, 0.3) is 0 Å². The number of nitrogens with zero attached hydrogens (tertiary/aromatic N) is 2. The molecule has 140 valence electrons. The molecule has 1 heterocycles. The van der Waals surface area contributed by atoms with Crippen LogP contribution in [0.15, 0.2) is 30.5 Å². The summed E-state index contributed by atoms with van der Waals surface area (Å²) in [6, 6.07) is 6.09. The van der Waals surface area contributed by atoms with Crippen LogP contribution in [-0.2, 0) is 19.5 Å². The van der Waals surface area contributed by atoms with Crippen LogP contribution in [0.1, 0.15) is 48.8 Å². The first-order valence-electron chi connectivity index (χ1n) is 8.82. The fourth-order valence-electron chi connectivity index (χ4n) is 2.58. The number of carbonyl (C=O) groups is 2. The van der Waals surface area contributed by atoms with Crippen molar-refractivity contribution >= 4 is 17.7 Å². The van der Waals surface area contributed by atoms with E-state index in [1.165, 1.54) is 12.1 Å². The van der Waals surface area contributed by atoms with Gasteiger partial charge in [-0.3, -0.25) is 4.68 Å². The molecule has 0 aliphatic heterocycles. The van der Waals surface area contributed by atoms with Gasteiger partial charge in [0.1, 0.15) is 0 Å². The molecule has 0 atom stereocenters. The first-order chi connectivity index (χ1) is 12.4. The van der Waals surface area contributed by atoms with Gasteiger partial charge in [-0.25, -0.2) is 9.59 Å². The summed E-state index contributed by atoms with van der Waals surface area (Å²) in [6.07, 6.45) is 3.50. The quantitative estimate of drug-likeness (QED) is 0.673. The Balaban J connectivity index is 1.92. The van der Waals surface area contributed by atoms with Gasteiger partial charge in [0.05, 0.1) is 23.1 Å². The lowest BCUT2D eigenvalue weighted by atomic mass is 10.1. The van der Waals surface area contributed by atoms with Gasteiger partial charge in [0.2, 0.25) is 0 Å². The van der Waals surface area contributed by atoms with Crippen molar-refractivity contribution < 1.29 is 14.7 Å². The summed E-state index contributed by atoms with van der Waals surface area (Å²) in [4.78, 5) is 23.0. The molecule has 7 nitrogen and oxygen atoms in total. The molecule has 0 fully saturated rings. The lowest BCUT2D eigenvalue weighted by Gasteiger charge is -2.11. The number of benzene rings is 1. The van der Waals surface area contributed by atoms with Crippen molar-refractivity contribution in [1.29, 1.82) is 0 Å². The van der Waals surface area contributed by atoms with Crippen molar-refractivity contribution in [1.82, 2.24) is 15.1 Å². The highest BCUT2D eigenvalue weighted by atomic mass is 16.4. The average Bonchev–Trinajstić information content (AvgIpc) is 3.00. The fraction of sp³-hybridized carbons (Fsp3) is 0.421. The Morgan fingerprint density at radius 3 is 2.50 bits per heavy atom. The molecule has 0 bridgehead atoms. The SMILES string of the molecule is CCc1c(NC(=O)NCc2ccc(C(=O)O)cc2)cnn1CCC(C)C. The number of hydrogen-bond acceptors (Lipinski definition) is 3. The summed E-state index contributed by atoms with van der Waals surface area (Å²) in [7, 11) is 0. The molecule has 2 aromatic rings. The second-order valence-electron chi connectivity index (χ2n) is 6.57. The Hall–Kier alpha value is -2.83. The van der Waals surface area contributed by atoms with E-state index in [1.54, 1.807) is 18.3 Å². The van der Waals surface area contributed by atoms with Gasteiger partial charge < -0.3 is 15.7 Å². The largest absolute Gasteiger partial charge is 0.478 e. The maximum absolute atomic E-state index is 12.2. The third-order valence-corrected chi connectivity index (χ3v) is 4.10. The zero-order chi connectivity index (χ0) is 19.1. The minimum absolute atomic E-state index is 0.222. The molecule has 0 aliphatic carbocycles. The molecule has 1 aromatic carbocycles. The van der Waals surface area contributed by atoms with E-state index in [-0.39, 0.29) is 11.6 Å². The number of urea groups is 1. The zero-order valence-electron chi connectivity index (χ0n) is 15.5. The van der Waals surface area contributed by atoms with Gasteiger partial charge in [0.15, 0.2) is 0 Å². The number of rotatable bonds is 8. The molecule has 2 rings (SSSR count). The molecule has 0 saturated carbocycles. The smallest absolute Gasteiger partial charge is 0.335 e. The minimum Gasteiger partial charge on any atom is -0.478 e. The minimum atomic E-state index is -0.969. The first kappa shape index (κ1) is 19.5. The van der Waals surface area contributed by atoms with E-state index >= 15 is 0 Å². The summed E-state index contributed by atoms with van der Waals surface area (Å²) in [5, 5.41) is 18.9. The van der Waals surface area contributed by atoms with E-state index in [1.807, 2.05) is 11.6 Å². The number of carboxylic acids is 1. The highest BCUT2D eigenvalue weighted by Gasteiger charge is 2.12. The van der Waals surface area contributed by atoms with Gasteiger partial charge in [-0.2, -0.15) is 5.10 Å². The number of amides is 2. The zero-order valence-corrected chi connectivity index (χ0v) is 15.5. The van der Waals surface area contributed by atoms with E-state index in [0.717, 1.165) is 36.3 Å². The predicted octanol–water partition coefficient (Wildman–Crippen LogP) is 3.51. The summed E-state index contributed by atoms with van der Waals surface area (Å²) in [6.45, 7) is 7.53. The Morgan fingerprint density at radius 2 is 1.92 bits per heavy atom. The number of carbonyl (C=O) groups excluding carboxylic acids is 1. The highest BCUT2D eigenvalue weighted by Crippen LogP contribution is 2.17. The van der Waals surface area contributed by atoms with Crippen molar-refractivity contribution in [2.24, 2.45) is 5.92 Å². The van der Waals surface area contributed by atoms with Crippen LogP contribution in [0.3, 0.4) is 0 Å². The standard InChI is InChI=1S/C19H26N4O3/c1-4-17-16(12-21-23(17)10-9-13(2)3)22-19(26)20-11-14-5-7-15(8-6-14)18(24)25/h5-8,12-13H,4,9-11H2,1-3H3,(H,24,25)(H2,20,22,26). The summed E-state index contributed by atoms with van der Waals surface area (Å²) < 4.78 is 1.94. The molecule has 0 spiro atoms. The van der Waals surface area contributed by atoms with Gasteiger partial charge >= 0.3 is 12.0 Å². The van der Waals surface area contributed by atoms with E-state index in [9.17, 15) is 9.59 Å². The van der Waals surface area contributed by atoms with E-state index in [2.05, 4.69) is 29.6 Å². The molecule has 0 radical (unpaired) electrons. The molecule has 0 aliphatic rings. The van der Waals surface area contributed by atoms with Gasteiger partial charge in [0, 0.05) is 13.1 Å². The third kappa shape index (κ3) is 5.34. The molecule has 0 unspecified atom stereocenters. The number of hydrogen-bond donors (Lipinski definition) is 3. The van der Waals surface area contributed by atoms with Crippen LogP contribution in [-0.4, -0.2) is 26.9 Å². The normalized spacial score (nSPS) is 10.8. The van der Waals surface area contributed by atoms with Crippen LogP contribution in [0.5, 0.6) is 0 Å². The van der Waals surface area contributed by atoms with Crippen LogP contribution < -0.4 is 10.6 Å². The van der Waals surface area contributed by atoms with Crippen LogP contribution in [0, 0.1) is 5.92 Å². The van der Waals surface area contributed by atoms with Crippen LogP contribution in [0.2, 0.25) is 0 Å². The Morgan fingerprint density at radius 1 is 1.23 bits per heavy atom. The number of aromatic nitrogens is 2. The van der Waals surface area contributed by atoms with Crippen molar-refractivity contribution in [3.8, 4) is 0 Å². The number of aryl methyl sites for hydroxylation is 1. The highest BCUT2D eigenvalue weighted by molar-refractivity contribution is 5.90. The number of anilines is 1. The Kier molecular flexibility index (Phi) is 6.77. The molecule has 0 saturated heterocycles. The molecule has 26 heavy (non-hydrogen) atoms. The second-order valence-corrected chi connectivity index (χ2v) is 6.57. The van der Waals surface area contributed by atoms with E-state index in [0.29, 0.717) is 12.5 Å². The van der Waals surface area contributed by atoms with E-state index in [4.69, 9.17) is 5.11 Å². The van der Waals surface area contributed by atoms with Crippen molar-refractivity contribution in [3.63, 3.8) is 0 Å². The first-order valence-corrected chi connectivity index (χ1v) is 8.82. The molecule has 2 amide bonds. The van der Waals surface area contributed by atoms with Gasteiger partial charge in [-0.1, -0.05) is 32.9 Å². The third-order valence-electron chi connectivity index (χ3n) is 4.10. The summed E-state index contributed by atoms with van der Waals surface area (Å²) >= 11 is 0. The van der Waals surface area contributed by atoms with Crippen molar-refractivity contribution in [3.05, 3.63) is 47.3 Å². The van der Waals surface area contributed by atoms with Gasteiger partial charge in [-0.05, 0) is 36.5 Å². The van der Waals surface area contributed by atoms with E-state index < -0.39 is 5.97 Å². The molecule has 1 aromatic heterocycles. The van der Waals surface area contributed by atoms with Gasteiger partial charge in [-0.15, -0.1) is 0 Å². The fourth-order valence-corrected chi connectivity index (χ4v) is 2.58. The molecule has 3 N–H and O–H groups in total. The maximum atomic E-state index is 12.2. The van der Waals surface area contributed by atoms with Crippen molar-refractivity contribution in [2.45, 2.75) is 46.7 Å². The monoisotopic (exact) mass is 358 g/mol.